The zero-order chi connectivity index (χ0) is 14.5. The first-order valence-corrected chi connectivity index (χ1v) is 6.75. The summed E-state index contributed by atoms with van der Waals surface area (Å²) < 4.78 is 25.8. The van der Waals surface area contributed by atoms with E-state index in [1.54, 1.807) is 6.07 Å². The van der Waals surface area contributed by atoms with E-state index in [1.807, 2.05) is 4.72 Å². The summed E-state index contributed by atoms with van der Waals surface area (Å²) in [5, 5.41) is 26.2. The van der Waals surface area contributed by atoms with Crippen LogP contribution in [0.25, 0.3) is 0 Å². The van der Waals surface area contributed by atoms with Crippen LogP contribution in [0.1, 0.15) is 12.0 Å². The number of benzene rings is 1. The van der Waals surface area contributed by atoms with E-state index >= 15 is 0 Å². The van der Waals surface area contributed by atoms with Gasteiger partial charge >= 0.3 is 5.97 Å². The van der Waals surface area contributed by atoms with Crippen LogP contribution in [-0.4, -0.2) is 37.2 Å². The largest absolute Gasteiger partial charge is 0.480 e. The van der Waals surface area contributed by atoms with Gasteiger partial charge in [0.15, 0.2) is 0 Å². The molecule has 3 N–H and O–H groups in total. The molecule has 1 atom stereocenters. The molecule has 1 aromatic rings. The number of sulfonamides is 1. The molecule has 1 unspecified atom stereocenters. The quantitative estimate of drug-likeness (QED) is 0.656. The molecule has 0 amide bonds. The standard InChI is InChI=1S/C11H12N2O5S/c12-7-8-2-1-3-9(6-8)19(17,18)13-10(4-5-14)11(15)16/h1-3,6,10,13-14H,4-5H2,(H,15,16). The molecule has 102 valence electrons. The van der Waals surface area contributed by atoms with E-state index in [4.69, 9.17) is 15.5 Å². The van der Waals surface area contributed by atoms with Crippen LogP contribution in [0.2, 0.25) is 0 Å². The summed E-state index contributed by atoms with van der Waals surface area (Å²) in [6.07, 6.45) is -0.244. The van der Waals surface area contributed by atoms with Gasteiger partial charge in [-0.15, -0.1) is 0 Å². The molecule has 0 aliphatic carbocycles. The van der Waals surface area contributed by atoms with Gasteiger partial charge in [0.25, 0.3) is 0 Å². The first kappa shape index (κ1) is 15.1. The number of carboxylic acids is 1. The van der Waals surface area contributed by atoms with Crippen LogP contribution in [0.5, 0.6) is 0 Å². The summed E-state index contributed by atoms with van der Waals surface area (Å²) >= 11 is 0. The van der Waals surface area contributed by atoms with Crippen molar-refractivity contribution in [2.45, 2.75) is 17.4 Å². The van der Waals surface area contributed by atoms with Crippen molar-refractivity contribution in [2.75, 3.05) is 6.61 Å². The third-order valence-electron chi connectivity index (χ3n) is 2.29. The lowest BCUT2D eigenvalue weighted by Crippen LogP contribution is -2.41. The smallest absolute Gasteiger partial charge is 0.321 e. The van der Waals surface area contributed by atoms with Gasteiger partial charge < -0.3 is 10.2 Å². The van der Waals surface area contributed by atoms with Crippen LogP contribution >= 0.6 is 0 Å². The van der Waals surface area contributed by atoms with Crippen LogP contribution < -0.4 is 4.72 Å². The number of nitrogens with zero attached hydrogens (tertiary/aromatic N) is 1. The molecule has 0 saturated heterocycles. The fourth-order valence-corrected chi connectivity index (χ4v) is 2.62. The highest BCUT2D eigenvalue weighted by molar-refractivity contribution is 7.89. The molecule has 0 heterocycles. The Bertz CT molecular complexity index is 606. The normalized spacial score (nSPS) is 12.6. The van der Waals surface area contributed by atoms with Gasteiger partial charge in [-0.3, -0.25) is 4.79 Å². The summed E-state index contributed by atoms with van der Waals surface area (Å²) in [5.74, 6) is -1.38. The molecule has 0 fully saturated rings. The monoisotopic (exact) mass is 284 g/mol. The Balaban J connectivity index is 3.03. The lowest BCUT2D eigenvalue weighted by molar-refractivity contribution is -0.139. The Morgan fingerprint density at radius 3 is 2.68 bits per heavy atom. The highest BCUT2D eigenvalue weighted by Crippen LogP contribution is 2.12. The van der Waals surface area contributed by atoms with Gasteiger partial charge in [-0.1, -0.05) is 6.07 Å². The molecule has 1 rings (SSSR count). The molecule has 7 nitrogen and oxygen atoms in total. The summed E-state index contributed by atoms with van der Waals surface area (Å²) in [6.45, 7) is -0.461. The summed E-state index contributed by atoms with van der Waals surface area (Å²) in [5.41, 5.74) is 0.150. The first-order valence-electron chi connectivity index (χ1n) is 5.27. The molecule has 0 bridgehead atoms. The summed E-state index contributed by atoms with van der Waals surface area (Å²) in [7, 11) is -4.05. The van der Waals surface area contributed by atoms with Crippen molar-refractivity contribution >= 4 is 16.0 Å². The highest BCUT2D eigenvalue weighted by atomic mass is 32.2. The van der Waals surface area contributed by atoms with E-state index in [-0.39, 0.29) is 16.9 Å². The van der Waals surface area contributed by atoms with E-state index in [9.17, 15) is 13.2 Å². The molecule has 8 heteroatoms. The number of nitrogens with one attached hydrogen (secondary N) is 1. The van der Waals surface area contributed by atoms with Crippen molar-refractivity contribution in [1.29, 1.82) is 5.26 Å². The average molecular weight is 284 g/mol. The number of rotatable bonds is 6. The molecule has 1 aromatic carbocycles. The molecule has 19 heavy (non-hydrogen) atoms. The second-order valence-electron chi connectivity index (χ2n) is 3.66. The molecule has 0 radical (unpaired) electrons. The Hall–Kier alpha value is -1.95. The average Bonchev–Trinajstić information content (AvgIpc) is 2.38. The van der Waals surface area contributed by atoms with Gasteiger partial charge in [0.1, 0.15) is 6.04 Å². The lowest BCUT2D eigenvalue weighted by atomic mass is 10.2. The van der Waals surface area contributed by atoms with Crippen LogP contribution in [0, 0.1) is 11.3 Å². The van der Waals surface area contributed by atoms with E-state index in [0.717, 1.165) is 6.07 Å². The van der Waals surface area contributed by atoms with Gasteiger partial charge in [-0.2, -0.15) is 9.98 Å². The number of nitriles is 1. The molecular formula is C11H12N2O5S. The van der Waals surface area contributed by atoms with Crippen molar-refractivity contribution < 1.29 is 23.4 Å². The molecule has 0 saturated carbocycles. The van der Waals surface area contributed by atoms with Crippen molar-refractivity contribution in [1.82, 2.24) is 4.72 Å². The number of aliphatic hydroxyl groups excluding tert-OH is 1. The fourth-order valence-electron chi connectivity index (χ4n) is 1.35. The second kappa shape index (κ2) is 6.29. The van der Waals surface area contributed by atoms with E-state index in [0.29, 0.717) is 0 Å². The van der Waals surface area contributed by atoms with Gasteiger partial charge in [-0.05, 0) is 24.6 Å². The number of carboxylic acid groups (broad SMARTS) is 1. The molecule has 0 spiro atoms. The Morgan fingerprint density at radius 1 is 1.47 bits per heavy atom. The maximum absolute atomic E-state index is 11.9. The zero-order valence-corrected chi connectivity index (χ0v) is 10.6. The number of aliphatic carboxylic acids is 1. The number of aliphatic hydroxyl groups is 1. The SMILES string of the molecule is N#Cc1cccc(S(=O)(=O)NC(CCO)C(=O)O)c1. The topological polar surface area (TPSA) is 127 Å². The molecule has 0 aliphatic rings. The summed E-state index contributed by atoms with van der Waals surface area (Å²) in [4.78, 5) is 10.6. The highest BCUT2D eigenvalue weighted by Gasteiger charge is 2.24. The van der Waals surface area contributed by atoms with E-state index in [1.165, 1.54) is 18.2 Å². The van der Waals surface area contributed by atoms with Crippen molar-refractivity contribution in [3.05, 3.63) is 29.8 Å². The van der Waals surface area contributed by atoms with Crippen LogP contribution in [0.4, 0.5) is 0 Å². The number of hydrogen-bond acceptors (Lipinski definition) is 5. The predicted molar refractivity (Wildman–Crippen MR) is 64.6 cm³/mol. The van der Waals surface area contributed by atoms with Gasteiger partial charge in [0.2, 0.25) is 10.0 Å². The number of carbonyl (C=O) groups is 1. The second-order valence-corrected chi connectivity index (χ2v) is 5.38. The maximum atomic E-state index is 11.9. The Morgan fingerprint density at radius 2 is 2.16 bits per heavy atom. The minimum Gasteiger partial charge on any atom is -0.480 e. The minimum atomic E-state index is -4.05. The zero-order valence-electron chi connectivity index (χ0n) is 9.78. The fraction of sp³-hybridized carbons (Fsp3) is 0.273. The van der Waals surface area contributed by atoms with Crippen molar-refractivity contribution in [2.24, 2.45) is 0 Å². The van der Waals surface area contributed by atoms with Crippen LogP contribution in [-0.2, 0) is 14.8 Å². The van der Waals surface area contributed by atoms with Crippen molar-refractivity contribution in [3.63, 3.8) is 0 Å². The van der Waals surface area contributed by atoms with Gasteiger partial charge in [-0.25, -0.2) is 8.42 Å². The van der Waals surface area contributed by atoms with E-state index in [2.05, 4.69) is 0 Å². The molecule has 0 aromatic heterocycles. The molecule has 0 aliphatic heterocycles. The Kier molecular flexibility index (Phi) is 5.00. The van der Waals surface area contributed by atoms with Crippen LogP contribution in [0.3, 0.4) is 0 Å². The van der Waals surface area contributed by atoms with E-state index < -0.39 is 28.6 Å². The first-order chi connectivity index (χ1) is 8.90. The maximum Gasteiger partial charge on any atom is 0.321 e. The predicted octanol–water partition coefficient (Wildman–Crippen LogP) is -0.328. The lowest BCUT2D eigenvalue weighted by Gasteiger charge is -2.13. The van der Waals surface area contributed by atoms with Crippen LogP contribution in [0.15, 0.2) is 29.2 Å². The van der Waals surface area contributed by atoms with Crippen molar-refractivity contribution in [3.8, 4) is 6.07 Å². The Labute approximate surface area is 110 Å². The third-order valence-corrected chi connectivity index (χ3v) is 3.76. The molecular weight excluding hydrogens is 272 g/mol. The summed E-state index contributed by atoms with van der Waals surface area (Å²) in [6, 6.07) is 5.58. The minimum absolute atomic E-state index is 0.150. The van der Waals surface area contributed by atoms with Gasteiger partial charge in [0.05, 0.1) is 16.5 Å². The van der Waals surface area contributed by atoms with Gasteiger partial charge in [0, 0.05) is 6.61 Å². The number of hydrogen-bond donors (Lipinski definition) is 3. The third kappa shape index (κ3) is 4.03.